The van der Waals surface area contributed by atoms with Gasteiger partial charge in [0, 0.05) is 11.6 Å². The summed E-state index contributed by atoms with van der Waals surface area (Å²) in [5, 5.41) is 16.9. The van der Waals surface area contributed by atoms with Crippen LogP contribution in [0.25, 0.3) is 0 Å². The molecule has 1 saturated carbocycles. The average molecular weight is 291 g/mol. The minimum atomic E-state index is -0.398. The summed E-state index contributed by atoms with van der Waals surface area (Å²) in [6.07, 6.45) is 2.50. The van der Waals surface area contributed by atoms with E-state index in [-0.39, 0.29) is 24.2 Å². The lowest BCUT2D eigenvalue weighted by atomic mass is 10.0. The number of amides is 1. The van der Waals surface area contributed by atoms with Crippen molar-refractivity contribution in [1.29, 1.82) is 0 Å². The summed E-state index contributed by atoms with van der Waals surface area (Å²) in [6, 6.07) is 4.80. The summed E-state index contributed by atoms with van der Waals surface area (Å²) in [4.78, 5) is 22.3. The zero-order valence-electron chi connectivity index (χ0n) is 12.4. The van der Waals surface area contributed by atoms with Crippen LogP contribution in [0.3, 0.4) is 0 Å². The Morgan fingerprint density at radius 1 is 1.48 bits per heavy atom. The third kappa shape index (κ3) is 4.53. The molecule has 1 unspecified atom stereocenters. The Morgan fingerprint density at radius 3 is 2.81 bits per heavy atom. The van der Waals surface area contributed by atoms with Gasteiger partial charge in [-0.3, -0.25) is 14.9 Å². The fraction of sp³-hybridized carbons (Fsp3) is 0.533. The predicted molar refractivity (Wildman–Crippen MR) is 80.0 cm³/mol. The number of benzene rings is 1. The molecule has 1 atom stereocenters. The number of aryl methyl sites for hydroxylation is 1. The normalized spacial score (nSPS) is 15.5. The van der Waals surface area contributed by atoms with E-state index in [0.29, 0.717) is 5.56 Å². The highest BCUT2D eigenvalue weighted by molar-refractivity contribution is 5.78. The van der Waals surface area contributed by atoms with Crippen molar-refractivity contribution in [3.8, 4) is 0 Å². The van der Waals surface area contributed by atoms with Gasteiger partial charge >= 0.3 is 0 Å². The third-order valence-corrected chi connectivity index (χ3v) is 3.72. The maximum atomic E-state index is 11.8. The van der Waals surface area contributed by atoms with Crippen LogP contribution < -0.4 is 10.6 Å². The molecular formula is C15H21N3O3. The van der Waals surface area contributed by atoms with E-state index in [9.17, 15) is 14.9 Å². The highest BCUT2D eigenvalue weighted by atomic mass is 16.6. The topological polar surface area (TPSA) is 84.3 Å². The number of carbonyl (C=O) groups excluding carboxylic acids is 1. The highest BCUT2D eigenvalue weighted by Crippen LogP contribution is 2.27. The zero-order chi connectivity index (χ0) is 15.4. The molecular weight excluding hydrogens is 270 g/mol. The SMILES string of the molecule is Cc1ccc(C(C)NC(=O)CNCC2CC2)cc1[N+](=O)[O-]. The molecule has 1 aliphatic carbocycles. The van der Waals surface area contributed by atoms with Gasteiger partial charge in [0.1, 0.15) is 0 Å². The molecule has 0 bridgehead atoms. The largest absolute Gasteiger partial charge is 0.348 e. The van der Waals surface area contributed by atoms with E-state index in [4.69, 9.17) is 0 Å². The molecule has 6 heteroatoms. The quantitative estimate of drug-likeness (QED) is 0.595. The number of nitrogens with one attached hydrogen (secondary N) is 2. The standard InChI is InChI=1S/C15H21N3O3/c1-10-3-6-13(7-14(10)18(20)21)11(2)17-15(19)9-16-8-12-4-5-12/h3,6-7,11-12,16H,4-5,8-9H2,1-2H3,(H,17,19). The Morgan fingerprint density at radius 2 is 2.19 bits per heavy atom. The fourth-order valence-electron chi connectivity index (χ4n) is 2.18. The monoisotopic (exact) mass is 291 g/mol. The van der Waals surface area contributed by atoms with Crippen molar-refractivity contribution < 1.29 is 9.72 Å². The molecule has 0 aliphatic heterocycles. The second kappa shape index (κ2) is 6.67. The first-order valence-electron chi connectivity index (χ1n) is 7.22. The van der Waals surface area contributed by atoms with Gasteiger partial charge in [-0.05, 0) is 44.7 Å². The Balaban J connectivity index is 1.89. The third-order valence-electron chi connectivity index (χ3n) is 3.72. The van der Waals surface area contributed by atoms with Gasteiger partial charge in [-0.1, -0.05) is 12.1 Å². The Bertz CT molecular complexity index is 541. The van der Waals surface area contributed by atoms with Gasteiger partial charge in [-0.25, -0.2) is 0 Å². The second-order valence-electron chi connectivity index (χ2n) is 5.67. The smallest absolute Gasteiger partial charge is 0.272 e. The molecule has 1 fully saturated rings. The first kappa shape index (κ1) is 15.4. The summed E-state index contributed by atoms with van der Waals surface area (Å²) in [5.41, 5.74) is 1.44. The van der Waals surface area contributed by atoms with Crippen molar-refractivity contribution in [1.82, 2.24) is 10.6 Å². The molecule has 0 spiro atoms. The summed E-state index contributed by atoms with van der Waals surface area (Å²) < 4.78 is 0. The maximum absolute atomic E-state index is 11.8. The maximum Gasteiger partial charge on any atom is 0.272 e. The van der Waals surface area contributed by atoms with Crippen LogP contribution in [0.15, 0.2) is 18.2 Å². The highest BCUT2D eigenvalue weighted by Gasteiger charge is 2.21. The molecule has 2 rings (SSSR count). The van der Waals surface area contributed by atoms with Crippen molar-refractivity contribution in [2.24, 2.45) is 5.92 Å². The molecule has 114 valence electrons. The van der Waals surface area contributed by atoms with Crippen LogP contribution >= 0.6 is 0 Å². The molecule has 0 aromatic heterocycles. The first-order chi connectivity index (χ1) is 9.97. The van der Waals surface area contributed by atoms with Crippen LogP contribution in [-0.4, -0.2) is 23.9 Å². The molecule has 1 aromatic carbocycles. The molecule has 6 nitrogen and oxygen atoms in total. The van der Waals surface area contributed by atoms with E-state index in [1.807, 2.05) is 13.0 Å². The summed E-state index contributed by atoms with van der Waals surface area (Å²) >= 11 is 0. The summed E-state index contributed by atoms with van der Waals surface area (Å²) in [5.74, 6) is 0.640. The van der Waals surface area contributed by atoms with E-state index in [1.54, 1.807) is 13.0 Å². The zero-order valence-corrected chi connectivity index (χ0v) is 12.4. The van der Waals surface area contributed by atoms with E-state index >= 15 is 0 Å². The van der Waals surface area contributed by atoms with Crippen molar-refractivity contribution in [3.63, 3.8) is 0 Å². The van der Waals surface area contributed by atoms with Crippen LogP contribution in [-0.2, 0) is 4.79 Å². The molecule has 0 saturated heterocycles. The van der Waals surface area contributed by atoms with Gasteiger partial charge in [0.2, 0.25) is 5.91 Å². The van der Waals surface area contributed by atoms with Gasteiger partial charge in [-0.2, -0.15) is 0 Å². The molecule has 1 amide bonds. The Hall–Kier alpha value is -1.95. The molecule has 0 radical (unpaired) electrons. The second-order valence-corrected chi connectivity index (χ2v) is 5.67. The van der Waals surface area contributed by atoms with E-state index < -0.39 is 4.92 Å². The van der Waals surface area contributed by atoms with Crippen LogP contribution in [0.4, 0.5) is 5.69 Å². The number of hydrogen-bond donors (Lipinski definition) is 2. The van der Waals surface area contributed by atoms with Crippen molar-refractivity contribution in [3.05, 3.63) is 39.4 Å². The predicted octanol–water partition coefficient (Wildman–Crippen LogP) is 2.08. The fourth-order valence-corrected chi connectivity index (χ4v) is 2.18. The number of hydrogen-bond acceptors (Lipinski definition) is 4. The van der Waals surface area contributed by atoms with Gasteiger partial charge in [0.15, 0.2) is 0 Å². The van der Waals surface area contributed by atoms with Crippen molar-refractivity contribution >= 4 is 11.6 Å². The Kier molecular flexibility index (Phi) is 4.90. The number of nitro groups is 1. The lowest BCUT2D eigenvalue weighted by Crippen LogP contribution is -2.36. The molecule has 1 aromatic rings. The van der Waals surface area contributed by atoms with E-state index in [1.165, 1.54) is 18.9 Å². The molecule has 2 N–H and O–H groups in total. The van der Waals surface area contributed by atoms with Crippen LogP contribution in [0, 0.1) is 23.0 Å². The lowest BCUT2D eigenvalue weighted by molar-refractivity contribution is -0.385. The number of nitro benzene ring substituents is 1. The van der Waals surface area contributed by atoms with E-state index in [0.717, 1.165) is 18.0 Å². The van der Waals surface area contributed by atoms with E-state index in [2.05, 4.69) is 10.6 Å². The molecule has 1 aliphatic rings. The van der Waals surface area contributed by atoms with Crippen LogP contribution in [0.5, 0.6) is 0 Å². The molecule has 0 heterocycles. The average Bonchev–Trinajstić information content (AvgIpc) is 3.22. The van der Waals surface area contributed by atoms with Crippen molar-refractivity contribution in [2.45, 2.75) is 32.7 Å². The van der Waals surface area contributed by atoms with Crippen LogP contribution in [0.2, 0.25) is 0 Å². The lowest BCUT2D eigenvalue weighted by Gasteiger charge is -2.15. The van der Waals surface area contributed by atoms with Gasteiger partial charge < -0.3 is 10.6 Å². The number of rotatable bonds is 7. The minimum Gasteiger partial charge on any atom is -0.348 e. The minimum absolute atomic E-state index is 0.0838. The summed E-state index contributed by atoms with van der Waals surface area (Å²) in [6.45, 7) is 4.70. The van der Waals surface area contributed by atoms with Crippen molar-refractivity contribution in [2.75, 3.05) is 13.1 Å². The van der Waals surface area contributed by atoms with Crippen LogP contribution in [0.1, 0.15) is 36.9 Å². The Labute approximate surface area is 124 Å². The van der Waals surface area contributed by atoms with Gasteiger partial charge in [0.05, 0.1) is 17.5 Å². The number of nitrogens with zero attached hydrogens (tertiary/aromatic N) is 1. The number of carbonyl (C=O) groups is 1. The summed E-state index contributed by atoms with van der Waals surface area (Å²) in [7, 11) is 0. The molecule has 21 heavy (non-hydrogen) atoms. The van der Waals surface area contributed by atoms with Gasteiger partial charge in [-0.15, -0.1) is 0 Å². The van der Waals surface area contributed by atoms with Gasteiger partial charge in [0.25, 0.3) is 5.69 Å². The first-order valence-corrected chi connectivity index (χ1v) is 7.22.